The highest BCUT2D eigenvalue weighted by Crippen LogP contribution is 2.41. The average molecular weight is 350 g/mol. The Labute approximate surface area is 132 Å². The third kappa shape index (κ3) is 1.95. The monoisotopic (exact) mass is 349 g/mol. The van der Waals surface area contributed by atoms with Gasteiger partial charge in [0.2, 0.25) is 0 Å². The van der Waals surface area contributed by atoms with E-state index in [0.29, 0.717) is 5.92 Å². The van der Waals surface area contributed by atoms with E-state index in [-0.39, 0.29) is 6.04 Å². The molecule has 1 saturated heterocycles. The van der Waals surface area contributed by atoms with E-state index in [0.717, 1.165) is 9.59 Å². The Bertz CT molecular complexity index is 588. The van der Waals surface area contributed by atoms with Gasteiger partial charge in [-0.1, -0.05) is 28.1 Å². The molecule has 1 atom stereocenters. The lowest BCUT2D eigenvalue weighted by Crippen LogP contribution is -2.55. The number of allylic oxidation sites excluding steroid dienone is 1. The molecule has 0 saturated carbocycles. The van der Waals surface area contributed by atoms with E-state index in [1.807, 2.05) is 0 Å². The Morgan fingerprint density at radius 3 is 2.55 bits per heavy atom. The summed E-state index contributed by atoms with van der Waals surface area (Å²) >= 11 is 8.91. The summed E-state index contributed by atoms with van der Waals surface area (Å²) in [5, 5.41) is 7.61. The molecule has 0 radical (unpaired) electrons. The highest BCUT2D eigenvalue weighted by atomic mass is 79.9. The normalized spacial score (nSPS) is 25.4. The SMILES string of the molecule is S=C1NC2=C([C@@H](c3ccc(Br)cc3)N1)N1CCC2CC1. The maximum atomic E-state index is 5.41. The molecule has 0 aromatic heterocycles. The van der Waals surface area contributed by atoms with E-state index < -0.39 is 0 Å². The molecule has 1 aromatic rings. The minimum absolute atomic E-state index is 0.190. The first-order valence-corrected chi connectivity index (χ1v) is 8.24. The number of rotatable bonds is 1. The van der Waals surface area contributed by atoms with Gasteiger partial charge in [0, 0.05) is 29.2 Å². The summed E-state index contributed by atoms with van der Waals surface area (Å²) in [7, 11) is 0. The molecule has 5 heteroatoms. The second-order valence-corrected chi connectivity index (χ2v) is 6.97. The van der Waals surface area contributed by atoms with Gasteiger partial charge in [0.05, 0.1) is 11.7 Å². The Balaban J connectivity index is 1.80. The molecule has 104 valence electrons. The van der Waals surface area contributed by atoms with Gasteiger partial charge < -0.3 is 15.5 Å². The van der Waals surface area contributed by atoms with Crippen LogP contribution >= 0.6 is 28.1 Å². The molecule has 1 fully saturated rings. The summed E-state index contributed by atoms with van der Waals surface area (Å²) in [4.78, 5) is 2.52. The molecule has 0 spiro atoms. The zero-order chi connectivity index (χ0) is 13.7. The van der Waals surface area contributed by atoms with Gasteiger partial charge in [-0.25, -0.2) is 0 Å². The van der Waals surface area contributed by atoms with Crippen LogP contribution in [0.25, 0.3) is 0 Å². The van der Waals surface area contributed by atoms with Crippen molar-refractivity contribution in [2.75, 3.05) is 13.1 Å². The molecule has 0 aliphatic carbocycles. The van der Waals surface area contributed by atoms with Crippen molar-refractivity contribution in [3.8, 4) is 0 Å². The molecule has 5 rings (SSSR count). The Morgan fingerprint density at radius 1 is 1.15 bits per heavy atom. The summed E-state index contributed by atoms with van der Waals surface area (Å²) in [6.07, 6.45) is 2.50. The van der Waals surface area contributed by atoms with Crippen LogP contribution in [-0.2, 0) is 0 Å². The minimum Gasteiger partial charge on any atom is -0.371 e. The topological polar surface area (TPSA) is 27.3 Å². The zero-order valence-electron chi connectivity index (χ0n) is 11.0. The second-order valence-electron chi connectivity index (χ2n) is 5.64. The maximum absolute atomic E-state index is 5.41. The van der Waals surface area contributed by atoms with Crippen LogP contribution in [0.5, 0.6) is 0 Å². The number of benzene rings is 1. The van der Waals surface area contributed by atoms with Crippen LogP contribution < -0.4 is 10.6 Å². The number of fused-ring (bicyclic) bond motifs is 2. The third-order valence-corrected chi connectivity index (χ3v) is 5.27. The van der Waals surface area contributed by atoms with Crippen molar-refractivity contribution in [1.82, 2.24) is 15.5 Å². The smallest absolute Gasteiger partial charge is 0.171 e. The van der Waals surface area contributed by atoms with Crippen molar-refractivity contribution >= 4 is 33.3 Å². The van der Waals surface area contributed by atoms with Gasteiger partial charge in [-0.15, -0.1) is 0 Å². The number of halogens is 1. The lowest BCUT2D eigenvalue weighted by molar-refractivity contribution is 0.181. The molecule has 0 unspecified atom stereocenters. The van der Waals surface area contributed by atoms with Gasteiger partial charge in [0.15, 0.2) is 5.11 Å². The average Bonchev–Trinajstić information content (AvgIpc) is 2.48. The number of nitrogens with zero attached hydrogens (tertiary/aromatic N) is 1. The largest absolute Gasteiger partial charge is 0.371 e. The summed E-state index contributed by atoms with van der Waals surface area (Å²) in [6.45, 7) is 2.35. The molecular formula is C15H16BrN3S. The molecule has 4 aliphatic rings. The summed E-state index contributed by atoms with van der Waals surface area (Å²) in [5.41, 5.74) is 4.04. The van der Waals surface area contributed by atoms with Gasteiger partial charge in [0.1, 0.15) is 0 Å². The first-order chi connectivity index (χ1) is 9.72. The molecule has 0 amide bonds. The molecule has 4 aliphatic heterocycles. The number of hydrogen-bond acceptors (Lipinski definition) is 2. The van der Waals surface area contributed by atoms with Crippen LogP contribution in [0.4, 0.5) is 0 Å². The summed E-state index contributed by atoms with van der Waals surface area (Å²) in [6, 6.07) is 8.72. The van der Waals surface area contributed by atoms with E-state index in [4.69, 9.17) is 12.2 Å². The van der Waals surface area contributed by atoms with E-state index in [1.165, 1.54) is 42.9 Å². The first kappa shape index (κ1) is 12.7. The predicted octanol–water partition coefficient (Wildman–Crippen LogP) is 2.91. The number of thiocarbonyl (C=S) groups is 1. The van der Waals surface area contributed by atoms with E-state index in [9.17, 15) is 0 Å². The fourth-order valence-electron chi connectivity index (χ4n) is 3.55. The predicted molar refractivity (Wildman–Crippen MR) is 87.1 cm³/mol. The number of nitrogens with one attached hydrogen (secondary N) is 2. The van der Waals surface area contributed by atoms with Crippen molar-refractivity contribution in [2.45, 2.75) is 18.9 Å². The Hall–Kier alpha value is -1.07. The molecule has 4 heterocycles. The van der Waals surface area contributed by atoms with Gasteiger partial charge >= 0.3 is 0 Å². The summed E-state index contributed by atoms with van der Waals surface area (Å²) in [5.74, 6) is 0.660. The molecule has 20 heavy (non-hydrogen) atoms. The third-order valence-electron chi connectivity index (χ3n) is 4.52. The molecule has 2 bridgehead atoms. The van der Waals surface area contributed by atoms with Crippen LogP contribution in [0, 0.1) is 5.92 Å². The first-order valence-electron chi connectivity index (χ1n) is 7.04. The van der Waals surface area contributed by atoms with Crippen molar-refractivity contribution in [3.63, 3.8) is 0 Å². The highest BCUT2D eigenvalue weighted by Gasteiger charge is 2.40. The zero-order valence-corrected chi connectivity index (χ0v) is 13.4. The van der Waals surface area contributed by atoms with Gasteiger partial charge in [-0.2, -0.15) is 0 Å². The lowest BCUT2D eigenvalue weighted by Gasteiger charge is -2.49. The summed E-state index contributed by atoms with van der Waals surface area (Å²) < 4.78 is 1.11. The number of piperidine rings is 1. The van der Waals surface area contributed by atoms with Crippen molar-refractivity contribution in [3.05, 3.63) is 45.7 Å². The lowest BCUT2D eigenvalue weighted by atomic mass is 9.83. The number of hydrogen-bond donors (Lipinski definition) is 2. The molecule has 1 aromatic carbocycles. The quantitative estimate of drug-likeness (QED) is 0.762. The standard InChI is InChI=1S/C15H16BrN3S/c16-11-3-1-9(2-4-11)12-14-13(18-15(20)17-12)10-5-7-19(14)8-6-10/h1-4,10,12H,5-8H2,(H2,17,18,20)/t12-/m1/s1. The molecular weight excluding hydrogens is 334 g/mol. The van der Waals surface area contributed by atoms with Crippen LogP contribution in [0.2, 0.25) is 0 Å². The Morgan fingerprint density at radius 2 is 1.85 bits per heavy atom. The maximum Gasteiger partial charge on any atom is 0.171 e. The van der Waals surface area contributed by atoms with E-state index in [1.54, 1.807) is 0 Å². The second kappa shape index (κ2) is 4.74. The molecule has 2 N–H and O–H groups in total. The molecule has 3 nitrogen and oxygen atoms in total. The van der Waals surface area contributed by atoms with Crippen LogP contribution in [-0.4, -0.2) is 23.1 Å². The van der Waals surface area contributed by atoms with Crippen LogP contribution in [0.3, 0.4) is 0 Å². The van der Waals surface area contributed by atoms with Crippen molar-refractivity contribution in [1.29, 1.82) is 0 Å². The van der Waals surface area contributed by atoms with Crippen molar-refractivity contribution in [2.24, 2.45) is 5.92 Å². The van der Waals surface area contributed by atoms with Gasteiger partial charge in [-0.05, 0) is 42.8 Å². The minimum atomic E-state index is 0.190. The van der Waals surface area contributed by atoms with Crippen LogP contribution in [0.1, 0.15) is 24.4 Å². The Kier molecular flexibility index (Phi) is 3.00. The van der Waals surface area contributed by atoms with Gasteiger partial charge in [0.25, 0.3) is 0 Å². The fourth-order valence-corrected chi connectivity index (χ4v) is 4.04. The van der Waals surface area contributed by atoms with Gasteiger partial charge in [-0.3, -0.25) is 0 Å². The van der Waals surface area contributed by atoms with E-state index >= 15 is 0 Å². The van der Waals surface area contributed by atoms with Crippen molar-refractivity contribution < 1.29 is 0 Å². The fraction of sp³-hybridized carbons (Fsp3) is 0.400. The highest BCUT2D eigenvalue weighted by molar-refractivity contribution is 9.10. The van der Waals surface area contributed by atoms with E-state index in [2.05, 4.69) is 55.7 Å². The van der Waals surface area contributed by atoms with Crippen LogP contribution in [0.15, 0.2) is 40.1 Å².